The zero-order valence-corrected chi connectivity index (χ0v) is 18.8. The maximum Gasteiger partial charge on any atom is 0.258 e. The Hall–Kier alpha value is -2.21. The third kappa shape index (κ3) is 5.64. The van der Waals surface area contributed by atoms with Crippen molar-refractivity contribution in [3.8, 4) is 17.2 Å². The highest BCUT2D eigenvalue weighted by atomic mass is 79.9. The SMILES string of the molecule is COc1ccc([C@@H](C)NC(=O)COc2ccc(C(C)(C)C)cc2Br)cc1OC. The van der Waals surface area contributed by atoms with Crippen LogP contribution >= 0.6 is 15.9 Å². The summed E-state index contributed by atoms with van der Waals surface area (Å²) in [5, 5.41) is 2.93. The highest BCUT2D eigenvalue weighted by Crippen LogP contribution is 2.32. The molecule has 0 aliphatic heterocycles. The monoisotopic (exact) mass is 449 g/mol. The number of methoxy groups -OCH3 is 2. The molecule has 0 bridgehead atoms. The minimum Gasteiger partial charge on any atom is -0.493 e. The molecule has 0 radical (unpaired) electrons. The highest BCUT2D eigenvalue weighted by molar-refractivity contribution is 9.10. The molecule has 0 aromatic heterocycles. The second-order valence-electron chi connectivity index (χ2n) is 7.59. The summed E-state index contributed by atoms with van der Waals surface area (Å²) in [6.07, 6.45) is 0. The summed E-state index contributed by atoms with van der Waals surface area (Å²) in [5.74, 6) is 1.72. The van der Waals surface area contributed by atoms with Crippen molar-refractivity contribution in [3.05, 3.63) is 52.0 Å². The number of ether oxygens (including phenoxy) is 3. The third-order valence-corrected chi connectivity index (χ3v) is 5.06. The second-order valence-corrected chi connectivity index (χ2v) is 8.44. The van der Waals surface area contributed by atoms with E-state index in [-0.39, 0.29) is 24.0 Å². The number of carbonyl (C=O) groups is 1. The molecule has 0 spiro atoms. The fourth-order valence-electron chi connectivity index (χ4n) is 2.72. The molecule has 1 N–H and O–H groups in total. The third-order valence-electron chi connectivity index (χ3n) is 4.44. The van der Waals surface area contributed by atoms with E-state index in [0.29, 0.717) is 17.2 Å². The van der Waals surface area contributed by atoms with Gasteiger partial charge in [0, 0.05) is 0 Å². The molecule has 2 aromatic carbocycles. The van der Waals surface area contributed by atoms with Crippen molar-refractivity contribution < 1.29 is 19.0 Å². The number of hydrogen-bond donors (Lipinski definition) is 1. The van der Waals surface area contributed by atoms with E-state index in [9.17, 15) is 4.79 Å². The van der Waals surface area contributed by atoms with Crippen LogP contribution in [0, 0.1) is 0 Å². The molecule has 2 rings (SSSR count). The highest BCUT2D eigenvalue weighted by Gasteiger charge is 2.17. The Labute approximate surface area is 175 Å². The molecule has 0 unspecified atom stereocenters. The molecule has 152 valence electrons. The number of benzene rings is 2. The van der Waals surface area contributed by atoms with Crippen LogP contribution in [-0.4, -0.2) is 26.7 Å². The molecule has 1 atom stereocenters. The van der Waals surface area contributed by atoms with Gasteiger partial charge in [-0.3, -0.25) is 4.79 Å². The van der Waals surface area contributed by atoms with Gasteiger partial charge in [-0.2, -0.15) is 0 Å². The van der Waals surface area contributed by atoms with E-state index in [2.05, 4.69) is 42.0 Å². The first-order valence-electron chi connectivity index (χ1n) is 9.09. The minimum absolute atomic E-state index is 0.0489. The fraction of sp³-hybridized carbons (Fsp3) is 0.409. The quantitative estimate of drug-likeness (QED) is 0.644. The maximum absolute atomic E-state index is 12.3. The number of nitrogens with one attached hydrogen (secondary N) is 1. The van der Waals surface area contributed by atoms with Crippen LogP contribution in [0.1, 0.15) is 44.9 Å². The summed E-state index contributed by atoms with van der Waals surface area (Å²) in [7, 11) is 3.17. The van der Waals surface area contributed by atoms with E-state index in [1.807, 2.05) is 43.3 Å². The first-order valence-corrected chi connectivity index (χ1v) is 9.89. The lowest BCUT2D eigenvalue weighted by molar-refractivity contribution is -0.123. The van der Waals surface area contributed by atoms with Gasteiger partial charge in [0.25, 0.3) is 5.91 Å². The van der Waals surface area contributed by atoms with Crippen molar-refractivity contribution in [2.24, 2.45) is 0 Å². The number of halogens is 1. The van der Waals surface area contributed by atoms with Gasteiger partial charge in [-0.05, 0) is 63.7 Å². The second kappa shape index (κ2) is 9.32. The molecule has 6 heteroatoms. The Balaban J connectivity index is 1.97. The maximum atomic E-state index is 12.3. The van der Waals surface area contributed by atoms with Crippen LogP contribution in [0.25, 0.3) is 0 Å². The van der Waals surface area contributed by atoms with E-state index in [1.165, 1.54) is 5.56 Å². The van der Waals surface area contributed by atoms with Crippen LogP contribution < -0.4 is 19.5 Å². The molecule has 2 aromatic rings. The Kier molecular flexibility index (Phi) is 7.35. The molecule has 0 aliphatic carbocycles. The van der Waals surface area contributed by atoms with E-state index in [0.717, 1.165) is 10.0 Å². The van der Waals surface area contributed by atoms with Crippen molar-refractivity contribution in [3.63, 3.8) is 0 Å². The molecule has 1 amide bonds. The Morgan fingerprint density at radius 2 is 1.68 bits per heavy atom. The molecule has 0 saturated heterocycles. The normalized spacial score (nSPS) is 12.2. The average molecular weight is 450 g/mol. The lowest BCUT2D eigenvalue weighted by Crippen LogP contribution is -2.31. The number of amides is 1. The molecule has 28 heavy (non-hydrogen) atoms. The fourth-order valence-corrected chi connectivity index (χ4v) is 3.21. The standard InChI is InChI=1S/C22H28BrNO4/c1-14(15-7-9-19(26-5)20(11-15)27-6)24-21(25)13-28-18-10-8-16(12-17(18)23)22(2,3)4/h7-12,14H,13H2,1-6H3,(H,24,25)/t14-/m1/s1. The number of hydrogen-bond acceptors (Lipinski definition) is 4. The van der Waals surface area contributed by atoms with Crippen LogP contribution in [0.15, 0.2) is 40.9 Å². The lowest BCUT2D eigenvalue weighted by atomic mass is 9.87. The zero-order valence-electron chi connectivity index (χ0n) is 17.3. The van der Waals surface area contributed by atoms with Crippen LogP contribution in [-0.2, 0) is 10.2 Å². The van der Waals surface area contributed by atoms with Gasteiger partial charge in [-0.15, -0.1) is 0 Å². The molecular weight excluding hydrogens is 422 g/mol. The van der Waals surface area contributed by atoms with Gasteiger partial charge in [0.15, 0.2) is 18.1 Å². The Bertz CT molecular complexity index is 830. The first kappa shape index (κ1) is 22.1. The van der Waals surface area contributed by atoms with E-state index >= 15 is 0 Å². The van der Waals surface area contributed by atoms with Crippen molar-refractivity contribution >= 4 is 21.8 Å². The summed E-state index contributed by atoms with van der Waals surface area (Å²) in [6.45, 7) is 8.30. The summed E-state index contributed by atoms with van der Waals surface area (Å²) in [6, 6.07) is 11.3. The Morgan fingerprint density at radius 3 is 2.25 bits per heavy atom. The average Bonchev–Trinajstić information content (AvgIpc) is 2.65. The van der Waals surface area contributed by atoms with Gasteiger partial charge in [-0.1, -0.05) is 32.9 Å². The van der Waals surface area contributed by atoms with Crippen molar-refractivity contribution in [2.45, 2.75) is 39.2 Å². The summed E-state index contributed by atoms with van der Waals surface area (Å²) < 4.78 is 17.1. The molecule has 0 heterocycles. The van der Waals surface area contributed by atoms with Crippen LogP contribution in [0.2, 0.25) is 0 Å². The lowest BCUT2D eigenvalue weighted by Gasteiger charge is -2.20. The predicted octanol–water partition coefficient (Wildman–Crippen LogP) is 5.02. The van der Waals surface area contributed by atoms with Crippen molar-refractivity contribution in [1.29, 1.82) is 0 Å². The zero-order chi connectivity index (χ0) is 20.9. The van der Waals surface area contributed by atoms with E-state index in [1.54, 1.807) is 14.2 Å². The molecular formula is C22H28BrNO4. The minimum atomic E-state index is -0.200. The van der Waals surface area contributed by atoms with E-state index < -0.39 is 0 Å². The number of carbonyl (C=O) groups excluding carboxylic acids is 1. The summed E-state index contributed by atoms with van der Waals surface area (Å²) in [4.78, 5) is 12.3. The van der Waals surface area contributed by atoms with E-state index in [4.69, 9.17) is 14.2 Å². The summed E-state index contributed by atoms with van der Waals surface area (Å²) >= 11 is 3.52. The van der Waals surface area contributed by atoms with Crippen molar-refractivity contribution in [1.82, 2.24) is 5.32 Å². The van der Waals surface area contributed by atoms with Gasteiger partial charge in [0.2, 0.25) is 0 Å². The largest absolute Gasteiger partial charge is 0.493 e. The van der Waals surface area contributed by atoms with Gasteiger partial charge in [0.05, 0.1) is 24.7 Å². The smallest absolute Gasteiger partial charge is 0.258 e. The van der Waals surface area contributed by atoms with Crippen LogP contribution in [0.5, 0.6) is 17.2 Å². The van der Waals surface area contributed by atoms with Crippen molar-refractivity contribution in [2.75, 3.05) is 20.8 Å². The van der Waals surface area contributed by atoms with Crippen LogP contribution in [0.3, 0.4) is 0 Å². The Morgan fingerprint density at radius 1 is 1.04 bits per heavy atom. The summed E-state index contributed by atoms with van der Waals surface area (Å²) in [5.41, 5.74) is 2.16. The van der Waals surface area contributed by atoms with Gasteiger partial charge in [0.1, 0.15) is 5.75 Å². The molecule has 0 aliphatic rings. The number of rotatable bonds is 7. The van der Waals surface area contributed by atoms with Gasteiger partial charge < -0.3 is 19.5 Å². The molecule has 5 nitrogen and oxygen atoms in total. The van der Waals surface area contributed by atoms with Crippen LogP contribution in [0.4, 0.5) is 0 Å². The first-order chi connectivity index (χ1) is 13.2. The molecule has 0 saturated carbocycles. The van der Waals surface area contributed by atoms with Gasteiger partial charge >= 0.3 is 0 Å². The predicted molar refractivity (Wildman–Crippen MR) is 114 cm³/mol. The topological polar surface area (TPSA) is 56.8 Å². The molecule has 0 fully saturated rings. The van der Waals surface area contributed by atoms with Gasteiger partial charge in [-0.25, -0.2) is 0 Å².